The number of carbonyl (C=O) groups excluding carboxylic acids is 2. The molecule has 8 nitrogen and oxygen atoms in total. The highest BCUT2D eigenvalue weighted by atomic mass is 32.1. The van der Waals surface area contributed by atoms with Crippen LogP contribution in [0.4, 0.5) is 16.5 Å². The molecule has 0 saturated carbocycles. The Kier molecular flexibility index (Phi) is 5.58. The van der Waals surface area contributed by atoms with Crippen molar-refractivity contribution < 1.29 is 9.59 Å². The van der Waals surface area contributed by atoms with Gasteiger partial charge >= 0.3 is 0 Å². The van der Waals surface area contributed by atoms with Crippen LogP contribution in [0, 0.1) is 3.95 Å². The van der Waals surface area contributed by atoms with Crippen molar-refractivity contribution in [1.29, 1.82) is 0 Å². The van der Waals surface area contributed by atoms with E-state index in [0.717, 1.165) is 17.0 Å². The number of aromatic amines is 1. The average Bonchev–Trinajstić information content (AvgIpc) is 2.91. The number of hydrogen-bond donors (Lipinski definition) is 5. The molecule has 1 heterocycles. The summed E-state index contributed by atoms with van der Waals surface area (Å²) in [7, 11) is 0. The van der Waals surface area contributed by atoms with Crippen molar-refractivity contribution in [2.45, 2.75) is 12.8 Å². The van der Waals surface area contributed by atoms with Gasteiger partial charge in [0.2, 0.25) is 16.9 Å². The lowest BCUT2D eigenvalue weighted by atomic mass is 10.2. The molecule has 0 radical (unpaired) electrons. The standard InChI is InChI=1S/C12H14N6O2S2/c13-16-8-3-1-7(2-4-8)14-9(19)5-6-10(20)15-11-17-18-12(21)22-11/h1-4,16H,5-6,13H2,(H,14,19)(H,18,21)(H,15,17,20). The highest BCUT2D eigenvalue weighted by Crippen LogP contribution is 2.13. The summed E-state index contributed by atoms with van der Waals surface area (Å²) < 4.78 is 0.475. The van der Waals surface area contributed by atoms with Crippen LogP contribution in [0.15, 0.2) is 24.3 Å². The molecular weight excluding hydrogens is 324 g/mol. The molecule has 0 aliphatic rings. The fourth-order valence-electron chi connectivity index (χ4n) is 1.57. The number of nitrogen functional groups attached to an aromatic ring is 1. The summed E-state index contributed by atoms with van der Waals surface area (Å²) in [5.74, 6) is 4.70. The number of nitrogens with two attached hydrogens (primary N) is 1. The largest absolute Gasteiger partial charge is 0.326 e. The van der Waals surface area contributed by atoms with Gasteiger partial charge in [-0.15, -0.1) is 5.10 Å². The first-order valence-electron chi connectivity index (χ1n) is 6.28. The molecule has 2 rings (SSSR count). The SMILES string of the molecule is NNc1ccc(NC(=O)CCC(=O)Nc2n[nH]c(=S)s2)cc1. The van der Waals surface area contributed by atoms with Gasteiger partial charge < -0.3 is 16.1 Å². The van der Waals surface area contributed by atoms with Gasteiger partial charge in [0.25, 0.3) is 0 Å². The zero-order valence-electron chi connectivity index (χ0n) is 11.4. The van der Waals surface area contributed by atoms with Gasteiger partial charge in [0, 0.05) is 24.2 Å². The van der Waals surface area contributed by atoms with E-state index in [1.54, 1.807) is 24.3 Å². The third-order valence-corrected chi connectivity index (χ3v) is 3.60. The van der Waals surface area contributed by atoms with E-state index in [0.29, 0.717) is 14.8 Å². The van der Waals surface area contributed by atoms with Gasteiger partial charge in [0.15, 0.2) is 3.95 Å². The van der Waals surface area contributed by atoms with Gasteiger partial charge in [-0.2, -0.15) is 0 Å². The Bertz CT molecular complexity index is 709. The predicted octanol–water partition coefficient (Wildman–Crippen LogP) is 1.84. The van der Waals surface area contributed by atoms with Crippen molar-refractivity contribution >= 4 is 51.9 Å². The van der Waals surface area contributed by atoms with Crippen LogP contribution in [0.3, 0.4) is 0 Å². The van der Waals surface area contributed by atoms with Gasteiger partial charge in [-0.3, -0.25) is 20.5 Å². The Hall–Kier alpha value is -2.30. The van der Waals surface area contributed by atoms with Gasteiger partial charge in [-0.25, -0.2) is 0 Å². The molecule has 0 atom stereocenters. The number of hydrazine groups is 1. The molecule has 0 spiro atoms. The molecule has 0 aliphatic carbocycles. The van der Waals surface area contributed by atoms with Crippen LogP contribution in [0.5, 0.6) is 0 Å². The van der Waals surface area contributed by atoms with E-state index >= 15 is 0 Å². The Balaban J connectivity index is 1.76. The number of aromatic nitrogens is 2. The number of nitrogens with zero attached hydrogens (tertiary/aromatic N) is 1. The summed E-state index contributed by atoms with van der Waals surface area (Å²) in [5.41, 5.74) is 3.86. The average molecular weight is 338 g/mol. The smallest absolute Gasteiger partial charge is 0.226 e. The molecule has 116 valence electrons. The minimum absolute atomic E-state index is 0.0562. The second-order valence-electron chi connectivity index (χ2n) is 4.24. The number of nitrogens with one attached hydrogen (secondary N) is 4. The zero-order valence-corrected chi connectivity index (χ0v) is 13.0. The lowest BCUT2D eigenvalue weighted by Crippen LogP contribution is -2.17. The van der Waals surface area contributed by atoms with E-state index in [2.05, 4.69) is 26.3 Å². The normalized spacial score (nSPS) is 10.0. The number of rotatable bonds is 6. The molecule has 6 N–H and O–H groups in total. The van der Waals surface area contributed by atoms with Crippen LogP contribution < -0.4 is 21.9 Å². The second kappa shape index (κ2) is 7.64. The molecule has 0 fully saturated rings. The molecular formula is C12H14N6O2S2. The monoisotopic (exact) mass is 338 g/mol. The number of H-pyrrole nitrogens is 1. The Morgan fingerprint density at radius 2 is 1.73 bits per heavy atom. The Morgan fingerprint density at radius 3 is 2.27 bits per heavy atom. The minimum atomic E-state index is -0.296. The molecule has 0 bridgehead atoms. The summed E-state index contributed by atoms with van der Waals surface area (Å²) in [6.45, 7) is 0. The summed E-state index contributed by atoms with van der Waals surface area (Å²) in [5, 5.41) is 12.0. The number of anilines is 3. The van der Waals surface area contributed by atoms with Gasteiger partial charge in [-0.1, -0.05) is 11.3 Å². The number of benzene rings is 1. The van der Waals surface area contributed by atoms with Crippen LogP contribution in [0.1, 0.15) is 12.8 Å². The first kappa shape index (κ1) is 16.1. The third kappa shape index (κ3) is 4.91. The first-order chi connectivity index (χ1) is 10.6. The summed E-state index contributed by atoms with van der Waals surface area (Å²) in [4.78, 5) is 23.4. The van der Waals surface area contributed by atoms with Gasteiger partial charge in [0.1, 0.15) is 0 Å². The lowest BCUT2D eigenvalue weighted by Gasteiger charge is -2.06. The number of carbonyl (C=O) groups is 2. The third-order valence-electron chi connectivity index (χ3n) is 2.60. The Morgan fingerprint density at radius 1 is 1.14 bits per heavy atom. The molecule has 22 heavy (non-hydrogen) atoms. The maximum Gasteiger partial charge on any atom is 0.226 e. The van der Waals surface area contributed by atoms with Crippen molar-refractivity contribution in [3.8, 4) is 0 Å². The van der Waals surface area contributed by atoms with E-state index in [4.69, 9.17) is 18.1 Å². The summed E-state index contributed by atoms with van der Waals surface area (Å²) in [6, 6.07) is 6.88. The van der Waals surface area contributed by atoms with Crippen LogP contribution >= 0.6 is 23.6 Å². The highest BCUT2D eigenvalue weighted by molar-refractivity contribution is 7.73. The van der Waals surface area contributed by atoms with Crippen molar-refractivity contribution in [3.05, 3.63) is 28.2 Å². The topological polar surface area (TPSA) is 125 Å². The van der Waals surface area contributed by atoms with Gasteiger partial charge in [0.05, 0.1) is 0 Å². The van der Waals surface area contributed by atoms with E-state index in [9.17, 15) is 9.59 Å². The molecule has 1 aromatic carbocycles. The Labute approximate surface area is 135 Å². The van der Waals surface area contributed by atoms with E-state index in [-0.39, 0.29) is 24.7 Å². The lowest BCUT2D eigenvalue weighted by molar-refractivity contribution is -0.121. The molecule has 10 heteroatoms. The molecule has 1 aromatic heterocycles. The number of amides is 2. The molecule has 0 saturated heterocycles. The maximum atomic E-state index is 11.8. The van der Waals surface area contributed by atoms with Crippen LogP contribution in [0.2, 0.25) is 0 Å². The van der Waals surface area contributed by atoms with Crippen LogP contribution in [-0.4, -0.2) is 22.0 Å². The molecule has 0 aliphatic heterocycles. The fourth-order valence-corrected chi connectivity index (χ4v) is 2.37. The first-order valence-corrected chi connectivity index (χ1v) is 7.51. The molecule has 0 unspecified atom stereocenters. The van der Waals surface area contributed by atoms with E-state index < -0.39 is 0 Å². The fraction of sp³-hybridized carbons (Fsp3) is 0.167. The summed E-state index contributed by atoms with van der Waals surface area (Å²) in [6.07, 6.45) is 0.124. The van der Waals surface area contributed by atoms with Crippen molar-refractivity contribution in [2.24, 2.45) is 5.84 Å². The van der Waals surface area contributed by atoms with Crippen molar-refractivity contribution in [1.82, 2.24) is 10.2 Å². The predicted molar refractivity (Wildman–Crippen MR) is 88.0 cm³/mol. The quantitative estimate of drug-likeness (QED) is 0.311. The van der Waals surface area contributed by atoms with Crippen molar-refractivity contribution in [3.63, 3.8) is 0 Å². The van der Waals surface area contributed by atoms with E-state index in [1.165, 1.54) is 0 Å². The van der Waals surface area contributed by atoms with Gasteiger partial charge in [-0.05, 0) is 36.5 Å². The minimum Gasteiger partial charge on any atom is -0.326 e. The van der Waals surface area contributed by atoms with Crippen LogP contribution in [0.25, 0.3) is 0 Å². The number of hydrogen-bond acceptors (Lipinski definition) is 7. The molecule has 2 aromatic rings. The maximum absolute atomic E-state index is 11.8. The van der Waals surface area contributed by atoms with Crippen molar-refractivity contribution in [2.75, 3.05) is 16.1 Å². The second-order valence-corrected chi connectivity index (χ2v) is 5.90. The van der Waals surface area contributed by atoms with E-state index in [1.807, 2.05) is 0 Å². The molecule has 2 amide bonds. The highest BCUT2D eigenvalue weighted by Gasteiger charge is 2.09. The van der Waals surface area contributed by atoms with Crippen LogP contribution in [-0.2, 0) is 9.59 Å². The zero-order chi connectivity index (χ0) is 15.9. The summed E-state index contributed by atoms with van der Waals surface area (Å²) >= 11 is 6.01.